The van der Waals surface area contributed by atoms with Crippen LogP contribution in [-0.4, -0.2) is 30.6 Å². The minimum absolute atomic E-state index is 0.426. The van der Waals surface area contributed by atoms with Crippen LogP contribution in [0.2, 0.25) is 0 Å². The lowest BCUT2D eigenvalue weighted by molar-refractivity contribution is 0.138. The Morgan fingerprint density at radius 2 is 1.44 bits per heavy atom. The highest BCUT2D eigenvalue weighted by atomic mass is 16.3. The summed E-state index contributed by atoms with van der Waals surface area (Å²) < 4.78 is 0. The molecule has 0 saturated heterocycles. The lowest BCUT2D eigenvalue weighted by Crippen LogP contribution is -2.19. The average Bonchev–Trinajstić information content (AvgIpc) is 2.39. The summed E-state index contributed by atoms with van der Waals surface area (Å²) in [7, 11) is 3.92. The van der Waals surface area contributed by atoms with E-state index in [1.807, 2.05) is 49.3 Å². The molecule has 0 aliphatic carbocycles. The third-order valence-corrected chi connectivity index (χ3v) is 2.94. The summed E-state index contributed by atoms with van der Waals surface area (Å²) in [4.78, 5) is 1.98. The number of likely N-dealkylation sites (N-methyl/N-ethyl adjacent to an activating group) is 1. The van der Waals surface area contributed by atoms with Crippen molar-refractivity contribution in [2.45, 2.75) is 6.10 Å². The number of aliphatic hydroxyl groups is 1. The molecule has 0 saturated carbocycles. The van der Waals surface area contributed by atoms with Crippen molar-refractivity contribution >= 4 is 0 Å². The zero-order valence-corrected chi connectivity index (χ0v) is 10.9. The van der Waals surface area contributed by atoms with Gasteiger partial charge in [0.15, 0.2) is 0 Å². The van der Waals surface area contributed by atoms with Crippen LogP contribution in [0.15, 0.2) is 54.6 Å². The molecule has 0 aliphatic heterocycles. The van der Waals surface area contributed by atoms with Crippen LogP contribution >= 0.6 is 0 Å². The molecule has 1 N–H and O–H groups in total. The van der Waals surface area contributed by atoms with Crippen molar-refractivity contribution in [3.05, 3.63) is 60.2 Å². The first-order valence-corrected chi connectivity index (χ1v) is 6.15. The predicted octanol–water partition coefficient (Wildman–Crippen LogP) is 2.95. The largest absolute Gasteiger partial charge is 0.387 e. The van der Waals surface area contributed by atoms with Gasteiger partial charge in [-0.1, -0.05) is 54.6 Å². The van der Waals surface area contributed by atoms with Gasteiger partial charge in [-0.25, -0.2) is 0 Å². The Hall–Kier alpha value is -1.64. The van der Waals surface area contributed by atoms with Gasteiger partial charge in [0.05, 0.1) is 6.10 Å². The Kier molecular flexibility index (Phi) is 4.13. The van der Waals surface area contributed by atoms with Crippen molar-refractivity contribution in [2.24, 2.45) is 0 Å². The molecule has 2 aromatic rings. The van der Waals surface area contributed by atoms with Crippen molar-refractivity contribution in [1.82, 2.24) is 4.90 Å². The fourth-order valence-corrected chi connectivity index (χ4v) is 1.98. The summed E-state index contributed by atoms with van der Waals surface area (Å²) in [6.45, 7) is 0.644. The molecule has 2 nitrogen and oxygen atoms in total. The molecule has 0 heterocycles. The summed E-state index contributed by atoms with van der Waals surface area (Å²) in [5.74, 6) is 0. The van der Waals surface area contributed by atoms with Crippen LogP contribution < -0.4 is 0 Å². The molecular formula is C16H19NO. The van der Waals surface area contributed by atoms with Gasteiger partial charge in [-0.2, -0.15) is 0 Å². The van der Waals surface area contributed by atoms with Crippen LogP contribution in [0.4, 0.5) is 0 Å². The normalized spacial score (nSPS) is 12.7. The summed E-state index contributed by atoms with van der Waals surface area (Å²) in [5, 5.41) is 10.0. The standard InChI is InChI=1S/C16H19NO/c1-17(2)12-16(18)15-10-8-14(9-11-15)13-6-4-3-5-7-13/h3-11,16,18H,12H2,1-2H3. The second-order valence-electron chi connectivity index (χ2n) is 4.77. The summed E-state index contributed by atoms with van der Waals surface area (Å²) in [6, 6.07) is 18.4. The molecule has 0 radical (unpaired) electrons. The smallest absolute Gasteiger partial charge is 0.0916 e. The Morgan fingerprint density at radius 1 is 0.889 bits per heavy atom. The summed E-state index contributed by atoms with van der Waals surface area (Å²) in [6.07, 6.45) is -0.426. The van der Waals surface area contributed by atoms with Gasteiger partial charge in [0.2, 0.25) is 0 Å². The van der Waals surface area contributed by atoms with Gasteiger partial charge in [0, 0.05) is 6.54 Å². The van der Waals surface area contributed by atoms with E-state index in [9.17, 15) is 5.11 Å². The van der Waals surface area contributed by atoms with E-state index < -0.39 is 6.10 Å². The Labute approximate surface area is 109 Å². The third kappa shape index (κ3) is 3.19. The maximum Gasteiger partial charge on any atom is 0.0916 e. The first-order chi connectivity index (χ1) is 8.66. The van der Waals surface area contributed by atoms with Crippen LogP contribution in [0.25, 0.3) is 11.1 Å². The first kappa shape index (κ1) is 12.8. The number of rotatable bonds is 4. The first-order valence-electron chi connectivity index (χ1n) is 6.15. The van der Waals surface area contributed by atoms with Gasteiger partial charge in [0.25, 0.3) is 0 Å². The Morgan fingerprint density at radius 3 is 2.00 bits per heavy atom. The topological polar surface area (TPSA) is 23.5 Å². The zero-order valence-electron chi connectivity index (χ0n) is 10.9. The van der Waals surface area contributed by atoms with Crippen molar-refractivity contribution in [1.29, 1.82) is 0 Å². The molecule has 2 rings (SSSR count). The number of hydrogen-bond donors (Lipinski definition) is 1. The molecule has 0 amide bonds. The van der Waals surface area contributed by atoms with E-state index >= 15 is 0 Å². The molecule has 0 fully saturated rings. The van der Waals surface area contributed by atoms with E-state index in [4.69, 9.17) is 0 Å². The molecule has 2 heteroatoms. The van der Waals surface area contributed by atoms with Gasteiger partial charge >= 0.3 is 0 Å². The number of benzene rings is 2. The molecule has 0 bridgehead atoms. The van der Waals surface area contributed by atoms with Crippen LogP contribution in [0, 0.1) is 0 Å². The molecule has 18 heavy (non-hydrogen) atoms. The predicted molar refractivity (Wildman–Crippen MR) is 75.4 cm³/mol. The number of hydrogen-bond acceptors (Lipinski definition) is 2. The Balaban J connectivity index is 2.15. The number of nitrogens with zero attached hydrogens (tertiary/aromatic N) is 1. The van der Waals surface area contributed by atoms with Gasteiger partial charge in [-0.15, -0.1) is 0 Å². The van der Waals surface area contributed by atoms with Crippen LogP contribution in [0.3, 0.4) is 0 Å². The van der Waals surface area contributed by atoms with E-state index in [-0.39, 0.29) is 0 Å². The summed E-state index contributed by atoms with van der Waals surface area (Å²) in [5.41, 5.74) is 3.34. The van der Waals surface area contributed by atoms with Gasteiger partial charge in [-0.05, 0) is 30.8 Å². The molecule has 0 aliphatic rings. The highest BCUT2D eigenvalue weighted by molar-refractivity contribution is 5.63. The molecule has 2 aromatic carbocycles. The molecule has 1 atom stereocenters. The molecule has 94 valence electrons. The maximum atomic E-state index is 10.0. The van der Waals surface area contributed by atoms with E-state index in [2.05, 4.69) is 24.3 Å². The van der Waals surface area contributed by atoms with E-state index in [1.165, 1.54) is 11.1 Å². The fourth-order valence-electron chi connectivity index (χ4n) is 1.98. The highest BCUT2D eigenvalue weighted by Crippen LogP contribution is 2.21. The van der Waals surface area contributed by atoms with Crippen LogP contribution in [-0.2, 0) is 0 Å². The molecule has 0 aromatic heterocycles. The van der Waals surface area contributed by atoms with Crippen molar-refractivity contribution in [3.8, 4) is 11.1 Å². The van der Waals surface area contributed by atoms with Crippen LogP contribution in [0.1, 0.15) is 11.7 Å². The second kappa shape index (κ2) is 5.80. The molecular weight excluding hydrogens is 222 g/mol. The fraction of sp³-hybridized carbons (Fsp3) is 0.250. The van der Waals surface area contributed by atoms with Gasteiger partial charge < -0.3 is 10.0 Å². The van der Waals surface area contributed by atoms with E-state index in [0.717, 1.165) is 5.56 Å². The highest BCUT2D eigenvalue weighted by Gasteiger charge is 2.08. The van der Waals surface area contributed by atoms with Crippen LogP contribution in [0.5, 0.6) is 0 Å². The van der Waals surface area contributed by atoms with Crippen molar-refractivity contribution in [3.63, 3.8) is 0 Å². The van der Waals surface area contributed by atoms with Crippen molar-refractivity contribution in [2.75, 3.05) is 20.6 Å². The quantitative estimate of drug-likeness (QED) is 0.889. The van der Waals surface area contributed by atoms with Gasteiger partial charge in [-0.3, -0.25) is 0 Å². The van der Waals surface area contributed by atoms with E-state index in [0.29, 0.717) is 6.54 Å². The van der Waals surface area contributed by atoms with Gasteiger partial charge in [0.1, 0.15) is 0 Å². The lowest BCUT2D eigenvalue weighted by Gasteiger charge is -2.16. The minimum Gasteiger partial charge on any atom is -0.387 e. The SMILES string of the molecule is CN(C)CC(O)c1ccc(-c2ccccc2)cc1. The minimum atomic E-state index is -0.426. The molecule has 1 unspecified atom stereocenters. The monoisotopic (exact) mass is 241 g/mol. The van der Waals surface area contributed by atoms with E-state index in [1.54, 1.807) is 0 Å². The number of aliphatic hydroxyl groups excluding tert-OH is 1. The molecule has 0 spiro atoms. The Bertz CT molecular complexity index is 476. The average molecular weight is 241 g/mol. The zero-order chi connectivity index (χ0) is 13.0. The second-order valence-corrected chi connectivity index (χ2v) is 4.77. The lowest BCUT2D eigenvalue weighted by atomic mass is 10.0. The third-order valence-electron chi connectivity index (χ3n) is 2.94. The maximum absolute atomic E-state index is 10.0. The van der Waals surface area contributed by atoms with Crippen molar-refractivity contribution < 1.29 is 5.11 Å². The summed E-state index contributed by atoms with van der Waals surface area (Å²) >= 11 is 0.